The number of nitrogens with zero attached hydrogens (tertiary/aromatic N) is 2. The first-order chi connectivity index (χ1) is 9.05. The first-order valence-electron chi connectivity index (χ1n) is 7.14. The van der Waals surface area contributed by atoms with Crippen molar-refractivity contribution in [3.05, 3.63) is 21.9 Å². The number of hydrogen-bond acceptors (Lipinski definition) is 4. The van der Waals surface area contributed by atoms with Gasteiger partial charge < -0.3 is 10.2 Å². The Morgan fingerprint density at radius 3 is 2.42 bits per heavy atom. The normalized spacial score (nSPS) is 18.0. The molecule has 2 rings (SSSR count). The van der Waals surface area contributed by atoms with Crippen LogP contribution < -0.4 is 5.32 Å². The molecule has 0 bridgehead atoms. The van der Waals surface area contributed by atoms with Crippen LogP contribution >= 0.6 is 11.3 Å². The van der Waals surface area contributed by atoms with E-state index in [0.29, 0.717) is 5.54 Å². The third-order valence-corrected chi connectivity index (χ3v) is 5.36. The Labute approximate surface area is 121 Å². The molecule has 1 aliphatic carbocycles. The van der Waals surface area contributed by atoms with Gasteiger partial charge in [0, 0.05) is 34.9 Å². The van der Waals surface area contributed by atoms with Gasteiger partial charge in [-0.05, 0) is 59.6 Å². The van der Waals surface area contributed by atoms with Crippen LogP contribution in [0.1, 0.15) is 29.0 Å². The van der Waals surface area contributed by atoms with E-state index in [4.69, 9.17) is 0 Å². The lowest BCUT2D eigenvalue weighted by atomic mass is 9.75. The van der Waals surface area contributed by atoms with Gasteiger partial charge >= 0.3 is 0 Å². The highest BCUT2D eigenvalue weighted by atomic mass is 32.1. The molecule has 108 valence electrons. The smallest absolute Gasteiger partial charge is 0.0330 e. The zero-order valence-corrected chi connectivity index (χ0v) is 13.5. The quantitative estimate of drug-likeness (QED) is 0.828. The summed E-state index contributed by atoms with van der Waals surface area (Å²) >= 11 is 1.93. The van der Waals surface area contributed by atoms with E-state index in [-0.39, 0.29) is 0 Å². The molecule has 0 atom stereocenters. The molecular weight excluding hydrogens is 254 g/mol. The molecule has 0 aromatic carbocycles. The van der Waals surface area contributed by atoms with Crippen LogP contribution in [-0.4, -0.2) is 50.1 Å². The second-order valence-electron chi connectivity index (χ2n) is 6.04. The summed E-state index contributed by atoms with van der Waals surface area (Å²) in [7, 11) is 8.70. The van der Waals surface area contributed by atoms with Crippen LogP contribution in [0.4, 0.5) is 0 Å². The molecule has 4 heteroatoms. The molecule has 1 aromatic rings. The van der Waals surface area contributed by atoms with Gasteiger partial charge in [0.1, 0.15) is 0 Å². The Hall–Kier alpha value is -0.420. The van der Waals surface area contributed by atoms with Crippen LogP contribution in [0.5, 0.6) is 0 Å². The minimum Gasteiger partial charge on any atom is -0.315 e. The van der Waals surface area contributed by atoms with E-state index < -0.39 is 0 Å². The Balaban J connectivity index is 1.87. The van der Waals surface area contributed by atoms with Crippen molar-refractivity contribution in [1.29, 1.82) is 0 Å². The van der Waals surface area contributed by atoms with Gasteiger partial charge in [-0.3, -0.25) is 4.90 Å². The fraction of sp³-hybridized carbons (Fsp3) is 0.733. The second-order valence-corrected chi connectivity index (χ2v) is 7.30. The van der Waals surface area contributed by atoms with Crippen LogP contribution in [-0.2, 0) is 13.1 Å². The van der Waals surface area contributed by atoms with E-state index in [0.717, 1.165) is 13.1 Å². The van der Waals surface area contributed by atoms with E-state index in [1.54, 1.807) is 0 Å². The Kier molecular flexibility index (Phi) is 5.01. The second kappa shape index (κ2) is 6.35. The highest BCUT2D eigenvalue weighted by Crippen LogP contribution is 2.37. The van der Waals surface area contributed by atoms with E-state index in [2.05, 4.69) is 48.4 Å². The molecule has 0 aliphatic heterocycles. The van der Waals surface area contributed by atoms with Crippen LogP contribution in [0.15, 0.2) is 12.1 Å². The standard InChI is InChI=1S/C15H27N3S/c1-16-10-13-6-7-14(19-13)11-18(4)12-15(17(2)3)8-5-9-15/h6-7,16H,5,8-12H2,1-4H3. The van der Waals surface area contributed by atoms with Crippen LogP contribution in [0.2, 0.25) is 0 Å². The van der Waals surface area contributed by atoms with E-state index >= 15 is 0 Å². The summed E-state index contributed by atoms with van der Waals surface area (Å²) in [5.74, 6) is 0. The van der Waals surface area contributed by atoms with Crippen molar-refractivity contribution in [2.75, 3.05) is 34.7 Å². The molecule has 1 aromatic heterocycles. The zero-order chi connectivity index (χ0) is 13.9. The maximum atomic E-state index is 3.21. The molecule has 1 heterocycles. The van der Waals surface area contributed by atoms with Gasteiger partial charge in [0.15, 0.2) is 0 Å². The van der Waals surface area contributed by atoms with Gasteiger partial charge in [-0.2, -0.15) is 0 Å². The minimum atomic E-state index is 0.430. The van der Waals surface area contributed by atoms with Gasteiger partial charge in [0.25, 0.3) is 0 Å². The molecule has 0 spiro atoms. The summed E-state index contributed by atoms with van der Waals surface area (Å²) in [4.78, 5) is 7.81. The molecule has 0 amide bonds. The van der Waals surface area contributed by atoms with Gasteiger partial charge in [-0.1, -0.05) is 0 Å². The third-order valence-electron chi connectivity index (χ3n) is 4.29. The SMILES string of the molecule is CNCc1ccc(CN(C)CC2(N(C)C)CCC2)s1. The molecule has 1 fully saturated rings. The monoisotopic (exact) mass is 281 g/mol. The van der Waals surface area contributed by atoms with Crippen molar-refractivity contribution < 1.29 is 0 Å². The summed E-state index contributed by atoms with van der Waals surface area (Å²) < 4.78 is 0. The predicted molar refractivity (Wildman–Crippen MR) is 83.7 cm³/mol. The van der Waals surface area contributed by atoms with Crippen molar-refractivity contribution >= 4 is 11.3 Å². The molecule has 0 radical (unpaired) electrons. The average molecular weight is 281 g/mol. The number of nitrogens with one attached hydrogen (secondary N) is 1. The van der Waals surface area contributed by atoms with Crippen LogP contribution in [0.3, 0.4) is 0 Å². The maximum Gasteiger partial charge on any atom is 0.0330 e. The molecule has 1 saturated carbocycles. The van der Waals surface area contributed by atoms with Crippen molar-refractivity contribution in [3.8, 4) is 0 Å². The van der Waals surface area contributed by atoms with E-state index in [1.807, 2.05) is 18.4 Å². The largest absolute Gasteiger partial charge is 0.315 e. The summed E-state index contributed by atoms with van der Waals surface area (Å²) in [5, 5.41) is 3.21. The Morgan fingerprint density at radius 2 is 1.89 bits per heavy atom. The van der Waals surface area contributed by atoms with Gasteiger partial charge in [0.2, 0.25) is 0 Å². The molecule has 19 heavy (non-hydrogen) atoms. The summed E-state index contributed by atoms with van der Waals surface area (Å²) in [6.45, 7) is 3.24. The average Bonchev–Trinajstić information content (AvgIpc) is 2.71. The molecule has 1 N–H and O–H groups in total. The number of likely N-dealkylation sites (N-methyl/N-ethyl adjacent to an activating group) is 2. The van der Waals surface area contributed by atoms with Gasteiger partial charge in [-0.25, -0.2) is 0 Å². The Morgan fingerprint density at radius 1 is 1.21 bits per heavy atom. The summed E-state index contributed by atoms with van der Waals surface area (Å²) in [6, 6.07) is 4.52. The number of rotatable bonds is 7. The van der Waals surface area contributed by atoms with Crippen molar-refractivity contribution in [1.82, 2.24) is 15.1 Å². The van der Waals surface area contributed by atoms with Crippen molar-refractivity contribution in [2.45, 2.75) is 37.9 Å². The number of hydrogen-bond donors (Lipinski definition) is 1. The molecule has 1 aliphatic rings. The molecular formula is C15H27N3S. The molecule has 0 unspecified atom stereocenters. The highest BCUT2D eigenvalue weighted by molar-refractivity contribution is 7.11. The minimum absolute atomic E-state index is 0.430. The Bertz CT molecular complexity index is 396. The fourth-order valence-electron chi connectivity index (χ4n) is 2.93. The zero-order valence-electron chi connectivity index (χ0n) is 12.7. The summed E-state index contributed by atoms with van der Waals surface area (Å²) in [5.41, 5.74) is 0.430. The first kappa shape index (κ1) is 15.0. The lowest BCUT2D eigenvalue weighted by Gasteiger charge is -2.49. The van der Waals surface area contributed by atoms with Crippen LogP contribution in [0, 0.1) is 0 Å². The van der Waals surface area contributed by atoms with Gasteiger partial charge in [0.05, 0.1) is 0 Å². The van der Waals surface area contributed by atoms with E-state index in [9.17, 15) is 0 Å². The van der Waals surface area contributed by atoms with Gasteiger partial charge in [-0.15, -0.1) is 11.3 Å². The third kappa shape index (κ3) is 3.57. The van der Waals surface area contributed by atoms with Crippen LogP contribution in [0.25, 0.3) is 0 Å². The molecule has 0 saturated heterocycles. The fourth-order valence-corrected chi connectivity index (χ4v) is 4.04. The number of thiophene rings is 1. The lowest BCUT2D eigenvalue weighted by molar-refractivity contribution is 0.0261. The lowest BCUT2D eigenvalue weighted by Crippen LogP contribution is -2.56. The first-order valence-corrected chi connectivity index (χ1v) is 7.95. The summed E-state index contributed by atoms with van der Waals surface area (Å²) in [6.07, 6.45) is 4.08. The maximum absolute atomic E-state index is 3.21. The van der Waals surface area contributed by atoms with E-state index in [1.165, 1.54) is 35.6 Å². The molecule has 3 nitrogen and oxygen atoms in total. The van der Waals surface area contributed by atoms with Crippen molar-refractivity contribution in [3.63, 3.8) is 0 Å². The predicted octanol–water partition coefficient (Wildman–Crippen LogP) is 2.38. The van der Waals surface area contributed by atoms with Crippen molar-refractivity contribution in [2.24, 2.45) is 0 Å². The topological polar surface area (TPSA) is 18.5 Å². The highest BCUT2D eigenvalue weighted by Gasteiger charge is 2.39.